The molecule has 7 heteroatoms. The molecule has 0 fully saturated rings. The molecule has 0 radical (unpaired) electrons. The topological polar surface area (TPSA) is 41.9 Å². The van der Waals surface area contributed by atoms with Crippen LogP contribution in [0.5, 0.6) is 0 Å². The standard InChI is InChI=1S/C14H10BrClN4S/c15-14-19-11-3-4-20(6-12(11)21-14)13-9-5-8(16)1-2-10(9)17-7-18-13/h1-2,5,7H,3-4,6H2. The highest BCUT2D eigenvalue weighted by Gasteiger charge is 2.22. The molecule has 4 nitrogen and oxygen atoms in total. The maximum Gasteiger partial charge on any atom is 0.159 e. The van der Waals surface area contributed by atoms with E-state index < -0.39 is 0 Å². The molecule has 4 rings (SSSR count). The quantitative estimate of drug-likeness (QED) is 0.637. The molecule has 21 heavy (non-hydrogen) atoms. The van der Waals surface area contributed by atoms with Crippen LogP contribution in [-0.4, -0.2) is 21.5 Å². The maximum atomic E-state index is 6.13. The number of aromatic nitrogens is 3. The van der Waals surface area contributed by atoms with Crippen molar-refractivity contribution in [3.8, 4) is 0 Å². The van der Waals surface area contributed by atoms with E-state index in [1.54, 1.807) is 17.7 Å². The lowest BCUT2D eigenvalue weighted by molar-refractivity contribution is 0.720. The van der Waals surface area contributed by atoms with Crippen LogP contribution in [0.4, 0.5) is 5.82 Å². The number of hydrogen-bond donors (Lipinski definition) is 0. The molecule has 2 aromatic heterocycles. The summed E-state index contributed by atoms with van der Waals surface area (Å²) < 4.78 is 0.949. The third-order valence-electron chi connectivity index (χ3n) is 3.58. The number of fused-ring (bicyclic) bond motifs is 2. The Hall–Kier alpha value is -1.24. The van der Waals surface area contributed by atoms with Crippen LogP contribution in [0.1, 0.15) is 10.6 Å². The predicted octanol–water partition coefficient (Wildman–Crippen LogP) is 4.06. The third-order valence-corrected chi connectivity index (χ3v) is 5.35. The minimum Gasteiger partial charge on any atom is -0.350 e. The fourth-order valence-corrected chi connectivity index (χ4v) is 4.43. The number of rotatable bonds is 1. The van der Waals surface area contributed by atoms with Crippen LogP contribution < -0.4 is 4.90 Å². The lowest BCUT2D eigenvalue weighted by atomic mass is 10.1. The van der Waals surface area contributed by atoms with Gasteiger partial charge in [-0.2, -0.15) is 0 Å². The molecular formula is C14H10BrClN4S. The molecule has 0 aliphatic carbocycles. The first-order valence-corrected chi connectivity index (χ1v) is 8.49. The van der Waals surface area contributed by atoms with Crippen molar-refractivity contribution < 1.29 is 0 Å². The molecule has 0 atom stereocenters. The fourth-order valence-electron chi connectivity index (χ4n) is 2.61. The van der Waals surface area contributed by atoms with Crippen molar-refractivity contribution in [2.24, 2.45) is 0 Å². The summed E-state index contributed by atoms with van der Waals surface area (Å²) in [5.41, 5.74) is 2.11. The highest BCUT2D eigenvalue weighted by molar-refractivity contribution is 9.11. The molecule has 106 valence electrons. The number of hydrogen-bond acceptors (Lipinski definition) is 5. The van der Waals surface area contributed by atoms with Gasteiger partial charge in [0, 0.05) is 28.3 Å². The number of nitrogens with zero attached hydrogens (tertiary/aromatic N) is 4. The van der Waals surface area contributed by atoms with E-state index >= 15 is 0 Å². The van der Waals surface area contributed by atoms with E-state index in [4.69, 9.17) is 11.6 Å². The Kier molecular flexibility index (Phi) is 3.32. The van der Waals surface area contributed by atoms with Crippen LogP contribution in [-0.2, 0) is 13.0 Å². The molecule has 0 N–H and O–H groups in total. The fraction of sp³-hybridized carbons (Fsp3) is 0.214. The van der Waals surface area contributed by atoms with E-state index in [-0.39, 0.29) is 0 Å². The van der Waals surface area contributed by atoms with Crippen LogP contribution in [0.3, 0.4) is 0 Å². The Labute approximate surface area is 138 Å². The summed E-state index contributed by atoms with van der Waals surface area (Å²) in [6.45, 7) is 1.74. The summed E-state index contributed by atoms with van der Waals surface area (Å²) in [6, 6.07) is 5.72. The first-order valence-electron chi connectivity index (χ1n) is 6.50. The van der Waals surface area contributed by atoms with E-state index in [1.807, 2.05) is 18.2 Å². The maximum absolute atomic E-state index is 6.13. The zero-order valence-corrected chi connectivity index (χ0v) is 14.0. The van der Waals surface area contributed by atoms with E-state index in [1.165, 1.54) is 10.6 Å². The predicted molar refractivity (Wildman–Crippen MR) is 89.1 cm³/mol. The van der Waals surface area contributed by atoms with Crippen molar-refractivity contribution >= 4 is 55.6 Å². The lowest BCUT2D eigenvalue weighted by Crippen LogP contribution is -2.30. The Bertz CT molecular complexity index is 835. The van der Waals surface area contributed by atoms with Gasteiger partial charge in [0.1, 0.15) is 12.1 Å². The summed E-state index contributed by atoms with van der Waals surface area (Å²) in [4.78, 5) is 16.9. The molecule has 0 unspecified atom stereocenters. The molecule has 1 aliphatic rings. The molecule has 3 heterocycles. The Morgan fingerprint density at radius 2 is 2.19 bits per heavy atom. The van der Waals surface area contributed by atoms with Crippen LogP contribution in [0.2, 0.25) is 5.02 Å². The molecule has 0 saturated carbocycles. The lowest BCUT2D eigenvalue weighted by Gasteiger charge is -2.27. The summed E-state index contributed by atoms with van der Waals surface area (Å²) in [5, 5.41) is 1.70. The highest BCUT2D eigenvalue weighted by atomic mass is 79.9. The molecule has 1 aromatic carbocycles. The molecular weight excluding hydrogens is 372 g/mol. The second-order valence-corrected chi connectivity index (χ2v) is 7.66. The first-order chi connectivity index (χ1) is 10.2. The average Bonchev–Trinajstić information content (AvgIpc) is 2.85. The third kappa shape index (κ3) is 2.41. The van der Waals surface area contributed by atoms with Crippen LogP contribution in [0, 0.1) is 0 Å². The molecule has 3 aromatic rings. The second kappa shape index (κ2) is 5.19. The van der Waals surface area contributed by atoms with Crippen molar-refractivity contribution in [1.82, 2.24) is 15.0 Å². The zero-order chi connectivity index (χ0) is 14.4. The minimum atomic E-state index is 0.705. The second-order valence-electron chi connectivity index (χ2n) is 4.87. The van der Waals surface area contributed by atoms with Gasteiger partial charge in [-0.25, -0.2) is 15.0 Å². The van der Waals surface area contributed by atoms with Gasteiger partial charge < -0.3 is 4.90 Å². The van der Waals surface area contributed by atoms with E-state index in [0.717, 1.165) is 40.1 Å². The molecule has 0 bridgehead atoms. The smallest absolute Gasteiger partial charge is 0.159 e. The molecule has 0 amide bonds. The first kappa shape index (κ1) is 13.4. The van der Waals surface area contributed by atoms with E-state index in [0.29, 0.717) is 5.02 Å². The monoisotopic (exact) mass is 380 g/mol. The Morgan fingerprint density at radius 3 is 3.10 bits per heavy atom. The van der Waals surface area contributed by atoms with Gasteiger partial charge >= 0.3 is 0 Å². The van der Waals surface area contributed by atoms with Gasteiger partial charge in [0.25, 0.3) is 0 Å². The van der Waals surface area contributed by atoms with Crippen LogP contribution >= 0.6 is 38.9 Å². The van der Waals surface area contributed by atoms with Gasteiger partial charge in [-0.1, -0.05) is 11.6 Å². The van der Waals surface area contributed by atoms with E-state index in [2.05, 4.69) is 35.8 Å². The molecule has 1 aliphatic heterocycles. The average molecular weight is 382 g/mol. The Morgan fingerprint density at radius 1 is 1.29 bits per heavy atom. The Balaban J connectivity index is 1.79. The van der Waals surface area contributed by atoms with Gasteiger partial charge in [0.2, 0.25) is 0 Å². The highest BCUT2D eigenvalue weighted by Crippen LogP contribution is 2.33. The minimum absolute atomic E-state index is 0.705. The number of anilines is 1. The zero-order valence-electron chi connectivity index (χ0n) is 10.9. The largest absolute Gasteiger partial charge is 0.350 e. The number of thiazole rings is 1. The molecule has 0 spiro atoms. The van der Waals surface area contributed by atoms with Crippen molar-refractivity contribution in [3.63, 3.8) is 0 Å². The number of benzene rings is 1. The normalized spacial score (nSPS) is 14.5. The summed E-state index contributed by atoms with van der Waals surface area (Å²) in [6.07, 6.45) is 2.55. The summed E-state index contributed by atoms with van der Waals surface area (Å²) in [5.74, 6) is 0.942. The van der Waals surface area contributed by atoms with Gasteiger partial charge in [0.05, 0.1) is 17.8 Å². The van der Waals surface area contributed by atoms with Crippen molar-refractivity contribution in [2.75, 3.05) is 11.4 Å². The van der Waals surface area contributed by atoms with Gasteiger partial charge in [-0.3, -0.25) is 0 Å². The SMILES string of the molecule is Clc1ccc2ncnc(N3CCc4nc(Br)sc4C3)c2c1. The van der Waals surface area contributed by atoms with Gasteiger partial charge in [-0.15, -0.1) is 11.3 Å². The van der Waals surface area contributed by atoms with Crippen molar-refractivity contribution in [2.45, 2.75) is 13.0 Å². The van der Waals surface area contributed by atoms with Crippen molar-refractivity contribution in [3.05, 3.63) is 44.0 Å². The van der Waals surface area contributed by atoms with Gasteiger partial charge in [0.15, 0.2) is 3.92 Å². The molecule has 0 saturated heterocycles. The summed E-state index contributed by atoms with van der Waals surface area (Å²) >= 11 is 11.3. The number of halogens is 2. The van der Waals surface area contributed by atoms with Gasteiger partial charge in [-0.05, 0) is 34.1 Å². The van der Waals surface area contributed by atoms with Crippen LogP contribution in [0.25, 0.3) is 10.9 Å². The summed E-state index contributed by atoms with van der Waals surface area (Å²) in [7, 11) is 0. The van der Waals surface area contributed by atoms with E-state index in [9.17, 15) is 0 Å². The van der Waals surface area contributed by atoms with Crippen molar-refractivity contribution in [1.29, 1.82) is 0 Å². The van der Waals surface area contributed by atoms with Crippen LogP contribution in [0.15, 0.2) is 28.4 Å².